The van der Waals surface area contributed by atoms with Crippen LogP contribution in [0.2, 0.25) is 0 Å². The Morgan fingerprint density at radius 2 is 1.64 bits per heavy atom. The average Bonchev–Trinajstić information content (AvgIpc) is 2.95. The Kier molecular flexibility index (Phi) is 2.29. The number of morpholine rings is 1. The number of rotatable bonds is 1. The number of hydrogen-bond donors (Lipinski definition) is 0. The van der Waals surface area contributed by atoms with Gasteiger partial charge in [-0.1, -0.05) is 19.3 Å². The van der Waals surface area contributed by atoms with Crippen molar-refractivity contribution in [3.8, 4) is 0 Å². The molecule has 1 saturated carbocycles. The van der Waals surface area contributed by atoms with E-state index in [2.05, 4.69) is 0 Å². The Labute approximate surface area is 86.8 Å². The third-order valence-corrected chi connectivity index (χ3v) is 4.68. The summed E-state index contributed by atoms with van der Waals surface area (Å²) in [5, 5.41) is 0. The van der Waals surface area contributed by atoms with Gasteiger partial charge < -0.3 is 9.22 Å². The normalized spacial score (nSPS) is 37.3. The fourth-order valence-corrected chi connectivity index (χ4v) is 3.66. The molecule has 2 saturated heterocycles. The fraction of sp³-hybridized carbons (Fsp3) is 1.00. The highest BCUT2D eigenvalue weighted by Gasteiger charge is 2.58. The molecule has 1 spiro atoms. The zero-order valence-corrected chi connectivity index (χ0v) is 9.08. The van der Waals surface area contributed by atoms with Crippen LogP contribution in [0, 0.1) is 5.92 Å². The minimum Gasteiger partial charge on any atom is -0.370 e. The van der Waals surface area contributed by atoms with Gasteiger partial charge in [0.25, 0.3) is 0 Å². The molecule has 2 aliphatic heterocycles. The molecule has 1 unspecified atom stereocenters. The van der Waals surface area contributed by atoms with Crippen LogP contribution < -0.4 is 0 Å². The van der Waals surface area contributed by atoms with Gasteiger partial charge in [-0.15, -0.1) is 0 Å². The van der Waals surface area contributed by atoms with Gasteiger partial charge >= 0.3 is 0 Å². The van der Waals surface area contributed by atoms with E-state index in [1.807, 2.05) is 0 Å². The summed E-state index contributed by atoms with van der Waals surface area (Å²) in [6.07, 6.45) is 7.53. The quantitative estimate of drug-likeness (QED) is 0.459. The number of nitrogens with zero attached hydrogens (tertiary/aromatic N) is 1. The molecule has 2 heterocycles. The first-order valence-corrected chi connectivity index (χ1v) is 6.34. The van der Waals surface area contributed by atoms with Crippen molar-refractivity contribution in [2.24, 2.45) is 5.92 Å². The molecule has 2 heteroatoms. The molecule has 3 aliphatic rings. The summed E-state index contributed by atoms with van der Waals surface area (Å²) in [4.78, 5) is 0. The molecule has 0 N–H and O–H groups in total. The van der Waals surface area contributed by atoms with Crippen molar-refractivity contribution in [3.63, 3.8) is 0 Å². The SMILES string of the molecule is C1CCC(C2C[N+]23CCOCC3)CC1. The van der Waals surface area contributed by atoms with Gasteiger partial charge in [0.15, 0.2) is 0 Å². The molecule has 3 fully saturated rings. The highest BCUT2D eigenvalue weighted by molar-refractivity contribution is 4.85. The molecule has 0 aromatic heterocycles. The van der Waals surface area contributed by atoms with Gasteiger partial charge in [-0.05, 0) is 12.8 Å². The zero-order valence-electron chi connectivity index (χ0n) is 9.08. The lowest BCUT2D eigenvalue weighted by molar-refractivity contribution is -0.826. The van der Waals surface area contributed by atoms with E-state index >= 15 is 0 Å². The van der Waals surface area contributed by atoms with Crippen LogP contribution in [0.3, 0.4) is 0 Å². The Balaban J connectivity index is 1.59. The smallest absolute Gasteiger partial charge is 0.142 e. The largest absolute Gasteiger partial charge is 0.370 e. The van der Waals surface area contributed by atoms with E-state index in [-0.39, 0.29) is 0 Å². The lowest BCUT2D eigenvalue weighted by Crippen LogP contribution is -2.42. The van der Waals surface area contributed by atoms with Crippen LogP contribution in [0.1, 0.15) is 32.1 Å². The first-order valence-electron chi connectivity index (χ1n) is 6.34. The Bertz CT molecular complexity index is 204. The third-order valence-electron chi connectivity index (χ3n) is 4.68. The maximum atomic E-state index is 5.47. The first kappa shape index (κ1) is 9.17. The summed E-state index contributed by atoms with van der Waals surface area (Å²) in [5.74, 6) is 1.07. The monoisotopic (exact) mass is 196 g/mol. The van der Waals surface area contributed by atoms with Crippen molar-refractivity contribution in [1.29, 1.82) is 0 Å². The molecule has 0 radical (unpaired) electrons. The minimum absolute atomic E-state index is 1.02. The molecule has 3 rings (SSSR count). The van der Waals surface area contributed by atoms with Crippen LogP contribution in [0.5, 0.6) is 0 Å². The lowest BCUT2D eigenvalue weighted by atomic mass is 9.86. The minimum atomic E-state index is 1.02. The second-order valence-electron chi connectivity index (χ2n) is 5.43. The van der Waals surface area contributed by atoms with Crippen LogP contribution in [0.25, 0.3) is 0 Å². The number of hydrogen-bond acceptors (Lipinski definition) is 1. The summed E-state index contributed by atoms with van der Waals surface area (Å²) in [6.45, 7) is 6.13. The Morgan fingerprint density at radius 1 is 0.929 bits per heavy atom. The fourth-order valence-electron chi connectivity index (χ4n) is 3.66. The maximum Gasteiger partial charge on any atom is 0.142 e. The van der Waals surface area contributed by atoms with E-state index in [1.165, 1.54) is 56.2 Å². The summed E-state index contributed by atoms with van der Waals surface area (Å²) >= 11 is 0. The summed E-state index contributed by atoms with van der Waals surface area (Å²) < 4.78 is 6.90. The van der Waals surface area contributed by atoms with Gasteiger partial charge in [-0.3, -0.25) is 0 Å². The zero-order chi connectivity index (χ0) is 9.43. The molecule has 80 valence electrons. The van der Waals surface area contributed by atoms with Crippen molar-refractivity contribution in [1.82, 2.24) is 0 Å². The third kappa shape index (κ3) is 1.49. The molecule has 0 aromatic carbocycles. The van der Waals surface area contributed by atoms with Crippen molar-refractivity contribution in [3.05, 3.63) is 0 Å². The highest BCUT2D eigenvalue weighted by atomic mass is 16.5. The van der Waals surface area contributed by atoms with E-state index in [0.717, 1.165) is 25.2 Å². The number of quaternary nitrogens is 1. The van der Waals surface area contributed by atoms with E-state index < -0.39 is 0 Å². The molecular weight excluding hydrogens is 174 g/mol. The maximum absolute atomic E-state index is 5.47. The van der Waals surface area contributed by atoms with Gasteiger partial charge in [0.1, 0.15) is 25.7 Å². The van der Waals surface area contributed by atoms with Crippen molar-refractivity contribution >= 4 is 0 Å². The Morgan fingerprint density at radius 3 is 2.36 bits per heavy atom. The van der Waals surface area contributed by atoms with Crippen molar-refractivity contribution in [2.45, 2.75) is 38.1 Å². The van der Waals surface area contributed by atoms with E-state index in [4.69, 9.17) is 4.74 Å². The van der Waals surface area contributed by atoms with Crippen molar-refractivity contribution < 1.29 is 9.22 Å². The van der Waals surface area contributed by atoms with Gasteiger partial charge in [0.05, 0.1) is 13.2 Å². The van der Waals surface area contributed by atoms with Crippen molar-refractivity contribution in [2.75, 3.05) is 32.8 Å². The van der Waals surface area contributed by atoms with Crippen LogP contribution >= 0.6 is 0 Å². The highest BCUT2D eigenvalue weighted by Crippen LogP contribution is 2.42. The summed E-state index contributed by atoms with van der Waals surface area (Å²) in [6, 6.07) is 1.04. The van der Waals surface area contributed by atoms with Crippen LogP contribution in [0.15, 0.2) is 0 Å². The van der Waals surface area contributed by atoms with Gasteiger partial charge in [0, 0.05) is 5.92 Å². The van der Waals surface area contributed by atoms with E-state index in [9.17, 15) is 0 Å². The molecule has 1 atom stereocenters. The molecule has 0 aromatic rings. The van der Waals surface area contributed by atoms with Crippen LogP contribution in [-0.2, 0) is 4.74 Å². The molecular formula is C12H22NO+. The van der Waals surface area contributed by atoms with Gasteiger partial charge in [0.2, 0.25) is 0 Å². The van der Waals surface area contributed by atoms with E-state index in [1.54, 1.807) is 0 Å². The second-order valence-corrected chi connectivity index (χ2v) is 5.43. The first-order chi connectivity index (χ1) is 6.91. The van der Waals surface area contributed by atoms with Crippen LogP contribution in [-0.4, -0.2) is 43.4 Å². The average molecular weight is 196 g/mol. The predicted octanol–water partition coefficient (Wildman–Crippen LogP) is 1.80. The standard InChI is InChI=1S/C12H22NO/c1-2-4-11(5-3-1)12-10-13(12)6-8-14-9-7-13/h11-12H,1-10H2/q+1. The molecule has 2 nitrogen and oxygen atoms in total. The topological polar surface area (TPSA) is 9.23 Å². The molecule has 14 heavy (non-hydrogen) atoms. The number of ether oxygens (including phenoxy) is 1. The lowest BCUT2D eigenvalue weighted by Gasteiger charge is -2.29. The molecule has 0 amide bonds. The second kappa shape index (κ2) is 3.49. The molecule has 0 bridgehead atoms. The van der Waals surface area contributed by atoms with Gasteiger partial charge in [-0.25, -0.2) is 0 Å². The van der Waals surface area contributed by atoms with Gasteiger partial charge in [-0.2, -0.15) is 0 Å². The summed E-state index contributed by atoms with van der Waals surface area (Å²) in [7, 11) is 0. The Hall–Kier alpha value is -0.0800. The van der Waals surface area contributed by atoms with E-state index in [0.29, 0.717) is 0 Å². The predicted molar refractivity (Wildman–Crippen MR) is 56.0 cm³/mol. The summed E-state index contributed by atoms with van der Waals surface area (Å²) in [5.41, 5.74) is 0. The molecule has 1 aliphatic carbocycles. The van der Waals surface area contributed by atoms with Crippen LogP contribution in [0.4, 0.5) is 0 Å².